The summed E-state index contributed by atoms with van der Waals surface area (Å²) in [4.78, 5) is 0. The number of rotatable bonds is 3. The number of thiol groups is 1. The van der Waals surface area contributed by atoms with Crippen LogP contribution in [0.15, 0.2) is 24.3 Å². The van der Waals surface area contributed by atoms with E-state index in [0.717, 1.165) is 13.1 Å². The summed E-state index contributed by atoms with van der Waals surface area (Å²) in [5.41, 5.74) is 1.75. The van der Waals surface area contributed by atoms with Crippen LogP contribution >= 0.6 is 0 Å². The summed E-state index contributed by atoms with van der Waals surface area (Å²) in [7, 11) is -2.73. The van der Waals surface area contributed by atoms with Crippen LogP contribution in [0, 0.1) is 11.3 Å². The van der Waals surface area contributed by atoms with Gasteiger partial charge in [-0.15, -0.1) is 0 Å². The van der Waals surface area contributed by atoms with Crippen molar-refractivity contribution < 1.29 is 8.42 Å². The molecule has 2 rings (SSSR count). The Bertz CT molecular complexity index is 476. The number of nitrogens with zero attached hydrogens (tertiary/aromatic N) is 1. The third-order valence-corrected chi connectivity index (χ3v) is 3.67. The number of hydrogen-bond donors (Lipinski definition) is 2. The minimum atomic E-state index is -2.73. The molecule has 0 aliphatic carbocycles. The molecule has 1 fully saturated rings. The van der Waals surface area contributed by atoms with E-state index in [0.29, 0.717) is 11.5 Å². The maximum Gasteiger partial charge on any atom is 0.170 e. The van der Waals surface area contributed by atoms with Gasteiger partial charge in [0, 0.05) is 19.0 Å². The van der Waals surface area contributed by atoms with Gasteiger partial charge in [-0.2, -0.15) is 5.26 Å². The van der Waals surface area contributed by atoms with Gasteiger partial charge in [0.15, 0.2) is 16.0 Å². The lowest BCUT2D eigenvalue weighted by Crippen LogP contribution is -2.39. The molecule has 0 bridgehead atoms. The van der Waals surface area contributed by atoms with Crippen LogP contribution in [0.5, 0.6) is 0 Å². The average molecular weight is 236 g/mol. The molecule has 1 heterocycles. The van der Waals surface area contributed by atoms with E-state index >= 15 is 0 Å². The fourth-order valence-corrected chi connectivity index (χ4v) is 2.23. The molecule has 4 nitrogen and oxygen atoms in total. The van der Waals surface area contributed by atoms with Crippen LogP contribution in [0.4, 0.5) is 0 Å². The number of nitriles is 1. The van der Waals surface area contributed by atoms with Crippen molar-refractivity contribution in [3.63, 3.8) is 0 Å². The third kappa shape index (κ3) is 2.08. The summed E-state index contributed by atoms with van der Waals surface area (Å²) >= 11 is 0. The molecular weight excluding hydrogens is 224 g/mol. The van der Waals surface area contributed by atoms with Gasteiger partial charge in [0.1, 0.15) is 0 Å². The van der Waals surface area contributed by atoms with Crippen molar-refractivity contribution in [1.29, 1.82) is 5.26 Å². The first-order chi connectivity index (χ1) is 7.72. The van der Waals surface area contributed by atoms with Crippen molar-refractivity contribution >= 4 is 10.7 Å². The lowest BCUT2D eigenvalue weighted by molar-refractivity contribution is 0.448. The van der Waals surface area contributed by atoms with E-state index in [-0.39, 0.29) is 0 Å². The quantitative estimate of drug-likeness (QED) is 0.752. The molecule has 1 aromatic rings. The molecule has 16 heavy (non-hydrogen) atoms. The summed E-state index contributed by atoms with van der Waals surface area (Å²) in [5.74, 6) is 0.524. The van der Waals surface area contributed by atoms with Gasteiger partial charge in [-0.1, -0.05) is 24.3 Å². The van der Waals surface area contributed by atoms with E-state index in [9.17, 15) is 8.42 Å². The first-order valence-corrected chi connectivity index (χ1v) is 6.30. The largest absolute Gasteiger partial charge is 0.315 e. The van der Waals surface area contributed by atoms with Crippen molar-refractivity contribution in [1.82, 2.24) is 5.32 Å². The van der Waals surface area contributed by atoms with Crippen LogP contribution in [0.1, 0.15) is 22.3 Å². The number of hydrogen-bond acceptors (Lipinski definition) is 4. The molecule has 1 N–H and O–H groups in total. The Morgan fingerprint density at radius 1 is 1.31 bits per heavy atom. The van der Waals surface area contributed by atoms with E-state index in [2.05, 4.69) is 5.32 Å². The molecule has 1 aliphatic heterocycles. The standard InChI is InChI=1S/C11H12N2O2S/c12-5-11(16(14)15)9-3-1-8(2-4-9)10-6-13-7-10/h1-4,10-11,13,16H,6-7H2. The van der Waals surface area contributed by atoms with Gasteiger partial charge in [0.25, 0.3) is 0 Å². The lowest BCUT2D eigenvalue weighted by atomic mass is 9.93. The SMILES string of the molecule is N#CC(c1ccc(C2CNC2)cc1)[SH](=O)=O. The highest BCUT2D eigenvalue weighted by molar-refractivity contribution is 7.73. The molecule has 84 valence electrons. The van der Waals surface area contributed by atoms with E-state index < -0.39 is 16.0 Å². The highest BCUT2D eigenvalue weighted by atomic mass is 32.2. The van der Waals surface area contributed by atoms with Gasteiger partial charge in [-0.25, -0.2) is 8.42 Å². The predicted octanol–water partition coefficient (Wildman–Crippen LogP) is 0.549. The Hall–Kier alpha value is -1.38. The smallest absolute Gasteiger partial charge is 0.170 e. The normalized spacial score (nSPS) is 17.8. The lowest BCUT2D eigenvalue weighted by Gasteiger charge is -2.27. The average Bonchev–Trinajstić information content (AvgIpc) is 2.18. The van der Waals surface area contributed by atoms with Crippen molar-refractivity contribution in [2.24, 2.45) is 0 Å². The van der Waals surface area contributed by atoms with E-state index in [1.165, 1.54) is 5.56 Å². The molecule has 1 aliphatic rings. The molecule has 1 saturated heterocycles. The van der Waals surface area contributed by atoms with Gasteiger partial charge in [-0.3, -0.25) is 0 Å². The summed E-state index contributed by atoms with van der Waals surface area (Å²) in [6.45, 7) is 1.94. The summed E-state index contributed by atoms with van der Waals surface area (Å²) in [6, 6.07) is 9.06. The maximum atomic E-state index is 10.8. The Morgan fingerprint density at radius 2 is 1.94 bits per heavy atom. The van der Waals surface area contributed by atoms with Crippen LogP contribution in [0.3, 0.4) is 0 Å². The zero-order valence-electron chi connectivity index (χ0n) is 8.59. The molecule has 1 atom stereocenters. The van der Waals surface area contributed by atoms with E-state index in [4.69, 9.17) is 5.26 Å². The van der Waals surface area contributed by atoms with E-state index in [1.54, 1.807) is 18.2 Å². The van der Waals surface area contributed by atoms with E-state index in [1.807, 2.05) is 12.1 Å². The Balaban J connectivity index is 2.21. The minimum Gasteiger partial charge on any atom is -0.315 e. The molecule has 0 aromatic heterocycles. The zero-order valence-corrected chi connectivity index (χ0v) is 9.48. The highest BCUT2D eigenvalue weighted by Crippen LogP contribution is 2.23. The highest BCUT2D eigenvalue weighted by Gasteiger charge is 2.19. The monoisotopic (exact) mass is 236 g/mol. The van der Waals surface area contributed by atoms with Gasteiger partial charge in [0.05, 0.1) is 6.07 Å². The second-order valence-electron chi connectivity index (χ2n) is 3.84. The van der Waals surface area contributed by atoms with Crippen molar-refractivity contribution in [3.8, 4) is 6.07 Å². The molecule has 5 heteroatoms. The first-order valence-electron chi connectivity index (χ1n) is 5.06. The second kappa shape index (κ2) is 4.64. The molecular formula is C11H12N2O2S. The van der Waals surface area contributed by atoms with Gasteiger partial charge < -0.3 is 5.32 Å². The fraction of sp³-hybridized carbons (Fsp3) is 0.364. The Kier molecular flexibility index (Phi) is 3.22. The summed E-state index contributed by atoms with van der Waals surface area (Å²) < 4.78 is 21.6. The van der Waals surface area contributed by atoms with Crippen LogP contribution < -0.4 is 5.32 Å². The van der Waals surface area contributed by atoms with Crippen LogP contribution in [0.25, 0.3) is 0 Å². The van der Waals surface area contributed by atoms with Gasteiger partial charge in [0.2, 0.25) is 0 Å². The topological polar surface area (TPSA) is 70.0 Å². The molecule has 0 spiro atoms. The predicted molar refractivity (Wildman–Crippen MR) is 60.7 cm³/mol. The zero-order chi connectivity index (χ0) is 11.5. The summed E-state index contributed by atoms with van der Waals surface area (Å²) in [6.07, 6.45) is 0. The number of benzene rings is 1. The van der Waals surface area contributed by atoms with Crippen molar-refractivity contribution in [3.05, 3.63) is 35.4 Å². The molecule has 1 aromatic carbocycles. The van der Waals surface area contributed by atoms with Crippen LogP contribution in [-0.4, -0.2) is 21.5 Å². The van der Waals surface area contributed by atoms with Crippen LogP contribution in [-0.2, 0) is 10.7 Å². The third-order valence-electron chi connectivity index (χ3n) is 2.84. The van der Waals surface area contributed by atoms with Crippen molar-refractivity contribution in [2.75, 3.05) is 13.1 Å². The van der Waals surface area contributed by atoms with Gasteiger partial charge in [-0.05, 0) is 11.1 Å². The number of nitrogens with one attached hydrogen (secondary N) is 1. The first kappa shape index (κ1) is 11.1. The molecule has 1 unspecified atom stereocenters. The Labute approximate surface area is 95.9 Å². The van der Waals surface area contributed by atoms with Crippen LogP contribution in [0.2, 0.25) is 0 Å². The maximum absolute atomic E-state index is 10.8. The molecule has 0 saturated carbocycles. The summed E-state index contributed by atoms with van der Waals surface area (Å²) in [5, 5.41) is 10.9. The second-order valence-corrected chi connectivity index (χ2v) is 4.93. The molecule has 0 amide bonds. The van der Waals surface area contributed by atoms with Crippen molar-refractivity contribution in [2.45, 2.75) is 11.2 Å². The molecule has 0 radical (unpaired) electrons. The Morgan fingerprint density at radius 3 is 2.31 bits per heavy atom. The fourth-order valence-electron chi connectivity index (χ4n) is 1.72. The minimum absolute atomic E-state index is 0.524. The van der Waals surface area contributed by atoms with Gasteiger partial charge >= 0.3 is 0 Å².